The Morgan fingerprint density at radius 3 is 1.17 bits per heavy atom. The van der Waals surface area contributed by atoms with Crippen LogP contribution in [0, 0.1) is 5.92 Å². The van der Waals surface area contributed by atoms with Crippen LogP contribution in [0.3, 0.4) is 0 Å². The number of rotatable bonds is 32. The highest BCUT2D eigenvalue weighted by Crippen LogP contribution is 2.40. The molecule has 0 aliphatic carbocycles. The molecule has 0 saturated carbocycles. The highest BCUT2D eigenvalue weighted by Gasteiger charge is 2.57. The third-order valence-corrected chi connectivity index (χ3v) is 16.7. The van der Waals surface area contributed by atoms with Gasteiger partial charge in [-0.1, -0.05) is 237 Å². The monoisotopic (exact) mass is 1260 g/mol. The van der Waals surface area contributed by atoms with E-state index in [4.69, 9.17) is 66.3 Å². The van der Waals surface area contributed by atoms with Gasteiger partial charge in [-0.15, -0.1) is 6.58 Å². The Hall–Kier alpha value is -7.55. The van der Waals surface area contributed by atoms with Crippen LogP contribution in [0.4, 0.5) is 0 Å². The van der Waals surface area contributed by atoms with Crippen LogP contribution in [-0.4, -0.2) is 112 Å². The Kier molecular flexibility index (Phi) is 25.2. The van der Waals surface area contributed by atoms with Crippen LogP contribution in [0.1, 0.15) is 63.1 Å². The summed E-state index contributed by atoms with van der Waals surface area (Å²) in [6.45, 7) is 9.64. The first-order valence-electron chi connectivity index (χ1n) is 32.1. The van der Waals surface area contributed by atoms with E-state index in [2.05, 4.69) is 6.58 Å². The van der Waals surface area contributed by atoms with Crippen LogP contribution in [-0.2, 0) is 113 Å². The predicted molar refractivity (Wildman–Crippen MR) is 350 cm³/mol. The average Bonchev–Trinajstić information content (AvgIpc) is 0.820. The zero-order valence-corrected chi connectivity index (χ0v) is 52.7. The molecule has 0 radical (unpaired) electrons. The smallest absolute Gasteiger partial charge is 0.338 e. The average molecular weight is 1260 g/mol. The van der Waals surface area contributed by atoms with E-state index in [0.717, 1.165) is 38.9 Å². The quantitative estimate of drug-likeness (QED) is 0.0291. The van der Waals surface area contributed by atoms with Gasteiger partial charge in [0.25, 0.3) is 0 Å². The summed E-state index contributed by atoms with van der Waals surface area (Å²) in [5.74, 6) is -1.24. The van der Waals surface area contributed by atoms with Crippen LogP contribution < -0.4 is 0 Å². The minimum Gasteiger partial charge on any atom is -0.450 e. The molecule has 0 unspecified atom stereocenters. The lowest BCUT2D eigenvalue weighted by atomic mass is 9.89. The summed E-state index contributed by atoms with van der Waals surface area (Å²) in [5, 5.41) is 0. The lowest BCUT2D eigenvalue weighted by Gasteiger charge is -2.51. The number of benzene rings is 8. The van der Waals surface area contributed by atoms with Crippen molar-refractivity contribution >= 4 is 5.97 Å². The van der Waals surface area contributed by atoms with Crippen LogP contribution in [0.15, 0.2) is 255 Å². The van der Waals surface area contributed by atoms with Crippen LogP contribution in [0.25, 0.3) is 0 Å². The van der Waals surface area contributed by atoms with E-state index in [-0.39, 0.29) is 65.0 Å². The van der Waals surface area contributed by atoms with Crippen LogP contribution >= 0.6 is 0 Å². The molecule has 8 aromatic carbocycles. The number of ether oxygens (including phenoxy) is 14. The molecule has 0 spiro atoms. The third kappa shape index (κ3) is 19.1. The maximum atomic E-state index is 15.1. The van der Waals surface area contributed by atoms with Gasteiger partial charge in [0, 0.05) is 5.92 Å². The fourth-order valence-electron chi connectivity index (χ4n) is 12.0. The summed E-state index contributed by atoms with van der Waals surface area (Å²) in [4.78, 5) is 15.1. The van der Waals surface area contributed by atoms with Gasteiger partial charge in [-0.25, -0.2) is 4.79 Å². The summed E-state index contributed by atoms with van der Waals surface area (Å²) in [6.07, 6.45) is -12.2. The van der Waals surface area contributed by atoms with Gasteiger partial charge < -0.3 is 66.3 Å². The molecule has 0 N–H and O–H groups in total. The lowest BCUT2D eigenvalue weighted by molar-refractivity contribution is -0.387. The zero-order valence-electron chi connectivity index (χ0n) is 52.7. The number of carbonyl (C=O) groups excluding carboxylic acids is 1. The predicted octanol–water partition coefficient (Wildman–Crippen LogP) is 13.4. The van der Waals surface area contributed by atoms with Crippen LogP contribution in [0.5, 0.6) is 0 Å². The largest absolute Gasteiger partial charge is 0.450 e. The number of hydrogen-bond acceptors (Lipinski definition) is 15. The first-order valence-corrected chi connectivity index (χ1v) is 32.1. The Labute approximate surface area is 546 Å². The minimum atomic E-state index is -1.41. The molecule has 15 heteroatoms. The van der Waals surface area contributed by atoms with Crippen molar-refractivity contribution in [3.63, 3.8) is 0 Å². The van der Waals surface area contributed by atoms with E-state index in [0.29, 0.717) is 6.61 Å². The van der Waals surface area contributed by atoms with Gasteiger partial charge in [-0.2, -0.15) is 0 Å². The summed E-state index contributed by atoms with van der Waals surface area (Å²) >= 11 is 0. The molecule has 0 aromatic heterocycles. The van der Waals surface area contributed by atoms with Crippen molar-refractivity contribution in [1.82, 2.24) is 0 Å². The molecule has 93 heavy (non-hydrogen) atoms. The molecule has 3 heterocycles. The molecule has 11 rings (SSSR count). The maximum Gasteiger partial charge on any atom is 0.338 e. The van der Waals surface area contributed by atoms with E-state index in [1.165, 1.54) is 0 Å². The normalized spacial score (nSPS) is 26.2. The topological polar surface area (TPSA) is 146 Å². The van der Waals surface area contributed by atoms with E-state index < -0.39 is 97.9 Å². The number of hydrogen-bond donors (Lipinski definition) is 0. The summed E-state index contributed by atoms with van der Waals surface area (Å²) in [7, 11) is 0. The minimum absolute atomic E-state index is 0.0501. The van der Waals surface area contributed by atoms with Gasteiger partial charge in [-0.3, -0.25) is 0 Å². The second-order valence-corrected chi connectivity index (χ2v) is 23.5. The molecule has 0 bridgehead atoms. The standard InChI is InChI=1S/C78H84O15/c1-4-45-82-76-69(65(53-80-46-57-29-13-5-14-30-57)67(55(2)88-76)83-48-59-33-17-7-18-34-59)92-78-74(91-75(79)64-43-27-12-28-44-64)72(68(56(3)89-78)84-49-60-35-19-8-20-36-60)93-77-73(87-52-63-41-25-11-26-42-63)71(86-51-62-39-23-10-24-40-62)70(85-50-61-37-21-9-22-38-61)66(90-77)54-81-47-58-31-15-6-16-32-58/h4-44,55-56,65-74,76-78H,1,45-54H2,2-3H3/t55-,56-,65+,66-,67-,68-,69+,70-,71+,72+,73+,74+,76+,77-,78-/m0/s1. The van der Waals surface area contributed by atoms with Gasteiger partial charge in [-0.05, 0) is 64.9 Å². The molecule has 3 saturated heterocycles. The highest BCUT2D eigenvalue weighted by atomic mass is 16.8. The molecule has 15 nitrogen and oxygen atoms in total. The molecule has 486 valence electrons. The zero-order chi connectivity index (χ0) is 63.8. The molecule has 15 atom stereocenters. The van der Waals surface area contributed by atoms with E-state index >= 15 is 4.79 Å². The van der Waals surface area contributed by atoms with E-state index in [9.17, 15) is 0 Å². The second-order valence-electron chi connectivity index (χ2n) is 23.5. The van der Waals surface area contributed by atoms with Gasteiger partial charge in [0.1, 0.15) is 42.7 Å². The van der Waals surface area contributed by atoms with Crippen LogP contribution in [0.2, 0.25) is 0 Å². The van der Waals surface area contributed by atoms with E-state index in [1.807, 2.05) is 232 Å². The first-order chi connectivity index (χ1) is 45.8. The Morgan fingerprint density at radius 2 is 0.710 bits per heavy atom. The number of carbonyl (C=O) groups is 1. The fourth-order valence-corrected chi connectivity index (χ4v) is 12.0. The molecule has 8 aromatic rings. The van der Waals surface area contributed by atoms with Gasteiger partial charge in [0.05, 0.1) is 89.9 Å². The SMILES string of the molecule is C=CCO[C@@H]1O[C@@H](C)[C@H](OCc2ccccc2)[C@@H](COCc2ccccc2)[C@H]1O[C@@H]1O[C@@H](C)[C@H](OCc2ccccc2)[C@@H](O[C@@H]2O[C@@H](COCc3ccccc3)[C@H](OCc3ccccc3)[C@@H](OCc3ccccc3)[C@H]2OCc2ccccc2)[C@H]1OC(=O)c1ccccc1. The molecule has 3 fully saturated rings. The van der Waals surface area contributed by atoms with Crippen molar-refractivity contribution in [1.29, 1.82) is 0 Å². The maximum absolute atomic E-state index is 15.1. The molecular formula is C78H84O15. The van der Waals surface area contributed by atoms with Crippen molar-refractivity contribution < 1.29 is 71.1 Å². The van der Waals surface area contributed by atoms with Crippen molar-refractivity contribution in [3.8, 4) is 0 Å². The lowest BCUT2D eigenvalue weighted by Crippen LogP contribution is -2.67. The van der Waals surface area contributed by atoms with Crippen molar-refractivity contribution in [2.75, 3.05) is 19.8 Å². The van der Waals surface area contributed by atoms with Crippen molar-refractivity contribution in [2.24, 2.45) is 5.92 Å². The van der Waals surface area contributed by atoms with Crippen molar-refractivity contribution in [3.05, 3.63) is 300 Å². The molecule has 3 aliphatic rings. The molecule has 3 aliphatic heterocycles. The molecule has 0 amide bonds. The Bertz CT molecular complexity index is 3400. The fraction of sp³-hybridized carbons (Fsp3) is 0.346. The number of esters is 1. The van der Waals surface area contributed by atoms with Gasteiger partial charge in [0.15, 0.2) is 25.0 Å². The molecular weight excluding hydrogens is 1180 g/mol. The van der Waals surface area contributed by atoms with Crippen molar-refractivity contribution in [2.45, 2.75) is 146 Å². The van der Waals surface area contributed by atoms with Gasteiger partial charge in [0.2, 0.25) is 0 Å². The second kappa shape index (κ2) is 35.1. The summed E-state index contributed by atoms with van der Waals surface area (Å²) in [6, 6.07) is 78.2. The Balaban J connectivity index is 1.02. The summed E-state index contributed by atoms with van der Waals surface area (Å²) < 4.78 is 98.6. The van der Waals surface area contributed by atoms with E-state index in [1.54, 1.807) is 30.3 Å². The first kappa shape index (κ1) is 66.9. The summed E-state index contributed by atoms with van der Waals surface area (Å²) in [5.41, 5.74) is 6.86. The highest BCUT2D eigenvalue weighted by molar-refractivity contribution is 5.89. The van der Waals surface area contributed by atoms with Gasteiger partial charge >= 0.3 is 5.97 Å². The Morgan fingerprint density at radius 1 is 0.355 bits per heavy atom. The third-order valence-electron chi connectivity index (χ3n) is 16.7.